The number of alkyl halides is 3. The van der Waals surface area contributed by atoms with Crippen molar-refractivity contribution in [2.75, 3.05) is 6.54 Å². The summed E-state index contributed by atoms with van der Waals surface area (Å²) in [4.78, 5) is 23.0. The molecule has 0 aliphatic carbocycles. The van der Waals surface area contributed by atoms with Crippen molar-refractivity contribution in [1.82, 2.24) is 5.32 Å². The van der Waals surface area contributed by atoms with Crippen LogP contribution in [0.4, 0.5) is 13.2 Å². The average molecular weight is 578 g/mol. The first kappa shape index (κ1) is 30.2. The number of rotatable bonds is 11. The number of hydrogen-bond acceptors (Lipinski definition) is 4. The third kappa shape index (κ3) is 8.60. The number of nitrogens with one attached hydrogen (secondary N) is 1. The number of aliphatic carboxylic acids is 1. The Bertz CT molecular complexity index is 1520. The first-order valence-electron chi connectivity index (χ1n) is 13.3. The molecule has 4 aromatic rings. The highest BCUT2D eigenvalue weighted by molar-refractivity contribution is 5.94. The van der Waals surface area contributed by atoms with Gasteiger partial charge in [0.1, 0.15) is 17.2 Å². The normalized spacial score (nSPS) is 11.9. The third-order valence-corrected chi connectivity index (χ3v) is 6.59. The van der Waals surface area contributed by atoms with Gasteiger partial charge in [-0.25, -0.2) is 0 Å². The molecule has 1 unspecified atom stereocenters. The van der Waals surface area contributed by atoms with E-state index < -0.39 is 12.3 Å². The molecular formula is C33H30F3NO5. The van der Waals surface area contributed by atoms with E-state index in [0.29, 0.717) is 23.5 Å². The number of hydrogen-bond donors (Lipinski definition) is 2. The standard InChI is InChI=1S/C33H30F3NO5/c1-21-3-12-27(13-4-21)41-30-16-11-26(24-9-14-28(15-10-24)42-33(34,35)36)20-29(30)22(2)19-23-5-7-25(8-6-23)32(40)37-18-17-31(38)39/h3-16,20,22H,17-19H2,1-2H3,(H,37,40)(H,38,39). The number of ether oxygens (including phenoxy) is 2. The second-order valence-corrected chi connectivity index (χ2v) is 9.94. The molecule has 0 aromatic heterocycles. The van der Waals surface area contributed by atoms with Crippen LogP contribution in [0.3, 0.4) is 0 Å². The van der Waals surface area contributed by atoms with E-state index in [-0.39, 0.29) is 30.5 Å². The van der Waals surface area contributed by atoms with Gasteiger partial charge < -0.3 is 19.9 Å². The Hall–Kier alpha value is -4.79. The highest BCUT2D eigenvalue weighted by atomic mass is 19.4. The first-order valence-corrected chi connectivity index (χ1v) is 13.3. The fourth-order valence-corrected chi connectivity index (χ4v) is 4.43. The maximum atomic E-state index is 12.6. The molecule has 4 rings (SSSR count). The summed E-state index contributed by atoms with van der Waals surface area (Å²) < 4.78 is 48.0. The maximum Gasteiger partial charge on any atom is 0.573 e. The van der Waals surface area contributed by atoms with Crippen LogP contribution in [0.15, 0.2) is 91.0 Å². The summed E-state index contributed by atoms with van der Waals surface area (Å²) in [6, 6.07) is 26.2. The third-order valence-electron chi connectivity index (χ3n) is 6.59. The number of halogens is 3. The zero-order valence-electron chi connectivity index (χ0n) is 23.1. The van der Waals surface area contributed by atoms with Gasteiger partial charge in [-0.15, -0.1) is 13.2 Å². The number of carboxylic acid groups (broad SMARTS) is 1. The van der Waals surface area contributed by atoms with Gasteiger partial charge in [-0.1, -0.05) is 55.0 Å². The van der Waals surface area contributed by atoms with Crippen LogP contribution in [-0.4, -0.2) is 29.9 Å². The van der Waals surface area contributed by atoms with E-state index in [9.17, 15) is 22.8 Å². The summed E-state index contributed by atoms with van der Waals surface area (Å²) in [6.07, 6.45) is -4.30. The van der Waals surface area contributed by atoms with Crippen LogP contribution < -0.4 is 14.8 Å². The van der Waals surface area contributed by atoms with E-state index in [1.165, 1.54) is 12.1 Å². The summed E-state index contributed by atoms with van der Waals surface area (Å²) in [5.74, 6) is -0.326. The van der Waals surface area contributed by atoms with Crippen molar-refractivity contribution in [1.29, 1.82) is 0 Å². The van der Waals surface area contributed by atoms with Crippen molar-refractivity contribution in [3.63, 3.8) is 0 Å². The second-order valence-electron chi connectivity index (χ2n) is 9.94. The van der Waals surface area contributed by atoms with Crippen molar-refractivity contribution in [2.45, 2.75) is 39.0 Å². The molecule has 0 spiro atoms. The zero-order valence-corrected chi connectivity index (χ0v) is 23.1. The van der Waals surface area contributed by atoms with Gasteiger partial charge in [-0.3, -0.25) is 9.59 Å². The Kier molecular flexibility index (Phi) is 9.52. The Labute approximate surface area is 241 Å². The minimum absolute atomic E-state index is 0.0338. The lowest BCUT2D eigenvalue weighted by Crippen LogP contribution is -2.25. The molecule has 0 radical (unpaired) electrons. The molecule has 0 heterocycles. The van der Waals surface area contributed by atoms with E-state index >= 15 is 0 Å². The number of benzene rings is 4. The van der Waals surface area contributed by atoms with Crippen LogP contribution >= 0.6 is 0 Å². The number of carbonyl (C=O) groups is 2. The highest BCUT2D eigenvalue weighted by Crippen LogP contribution is 2.37. The van der Waals surface area contributed by atoms with Crippen molar-refractivity contribution >= 4 is 11.9 Å². The molecule has 4 aromatic carbocycles. The van der Waals surface area contributed by atoms with Gasteiger partial charge in [0, 0.05) is 12.1 Å². The van der Waals surface area contributed by atoms with Crippen molar-refractivity contribution in [3.8, 4) is 28.4 Å². The van der Waals surface area contributed by atoms with Crippen LogP contribution in [-0.2, 0) is 11.2 Å². The van der Waals surface area contributed by atoms with E-state index in [1.807, 2.05) is 68.4 Å². The number of aryl methyl sites for hydroxylation is 1. The summed E-state index contributed by atoms with van der Waals surface area (Å²) in [5, 5.41) is 11.3. The molecule has 1 atom stereocenters. The van der Waals surface area contributed by atoms with Gasteiger partial charge in [0.2, 0.25) is 0 Å². The molecule has 0 bridgehead atoms. The van der Waals surface area contributed by atoms with E-state index in [4.69, 9.17) is 9.84 Å². The molecule has 2 N–H and O–H groups in total. The van der Waals surface area contributed by atoms with Gasteiger partial charge >= 0.3 is 12.3 Å². The SMILES string of the molecule is Cc1ccc(Oc2ccc(-c3ccc(OC(F)(F)F)cc3)cc2C(C)Cc2ccc(C(=O)NCCC(=O)O)cc2)cc1. The monoisotopic (exact) mass is 577 g/mol. The zero-order chi connectivity index (χ0) is 30.3. The lowest BCUT2D eigenvalue weighted by molar-refractivity contribution is -0.274. The average Bonchev–Trinajstić information content (AvgIpc) is 2.94. The van der Waals surface area contributed by atoms with Crippen molar-refractivity contribution in [3.05, 3.63) is 113 Å². The van der Waals surface area contributed by atoms with Gasteiger partial charge in [0.05, 0.1) is 6.42 Å². The molecule has 0 saturated carbocycles. The molecule has 218 valence electrons. The van der Waals surface area contributed by atoms with Crippen molar-refractivity contribution in [2.24, 2.45) is 0 Å². The Morgan fingerprint density at radius 3 is 2.10 bits per heavy atom. The predicted molar refractivity (Wildman–Crippen MR) is 153 cm³/mol. The fourth-order valence-electron chi connectivity index (χ4n) is 4.43. The molecular weight excluding hydrogens is 547 g/mol. The predicted octanol–water partition coefficient (Wildman–Crippen LogP) is 7.90. The Balaban J connectivity index is 1.57. The smallest absolute Gasteiger partial charge is 0.481 e. The quantitative estimate of drug-likeness (QED) is 0.189. The van der Waals surface area contributed by atoms with Crippen LogP contribution in [0.5, 0.6) is 17.2 Å². The summed E-state index contributed by atoms with van der Waals surface area (Å²) in [6.45, 7) is 4.08. The number of amides is 1. The topological polar surface area (TPSA) is 84.9 Å². The minimum atomic E-state index is -4.76. The van der Waals surface area contributed by atoms with Gasteiger partial charge in [0.25, 0.3) is 5.91 Å². The van der Waals surface area contributed by atoms with Crippen molar-refractivity contribution < 1.29 is 37.3 Å². The molecule has 0 fully saturated rings. The first-order chi connectivity index (χ1) is 20.0. The molecule has 6 nitrogen and oxygen atoms in total. The van der Waals surface area contributed by atoms with E-state index in [0.717, 1.165) is 27.8 Å². The van der Waals surface area contributed by atoms with E-state index in [1.54, 1.807) is 24.3 Å². The van der Waals surface area contributed by atoms with Crippen LogP contribution in [0, 0.1) is 6.92 Å². The molecule has 0 saturated heterocycles. The fraction of sp³-hybridized carbons (Fsp3) is 0.212. The Morgan fingerprint density at radius 1 is 0.857 bits per heavy atom. The maximum absolute atomic E-state index is 12.6. The van der Waals surface area contributed by atoms with Gasteiger partial charge in [0.15, 0.2) is 0 Å². The second kappa shape index (κ2) is 13.2. The molecule has 9 heteroatoms. The summed E-state index contributed by atoms with van der Waals surface area (Å²) in [5.41, 5.74) is 4.94. The lowest BCUT2D eigenvalue weighted by Gasteiger charge is -2.19. The molecule has 42 heavy (non-hydrogen) atoms. The molecule has 0 aliphatic rings. The lowest BCUT2D eigenvalue weighted by atomic mass is 9.90. The minimum Gasteiger partial charge on any atom is -0.481 e. The van der Waals surface area contributed by atoms with Crippen LogP contribution in [0.1, 0.15) is 46.3 Å². The van der Waals surface area contributed by atoms with Crippen LogP contribution in [0.25, 0.3) is 11.1 Å². The van der Waals surface area contributed by atoms with Gasteiger partial charge in [-0.2, -0.15) is 0 Å². The van der Waals surface area contributed by atoms with E-state index in [2.05, 4.69) is 10.1 Å². The number of carbonyl (C=O) groups excluding carboxylic acids is 1. The number of carboxylic acids is 1. The van der Waals surface area contributed by atoms with Gasteiger partial charge in [-0.05, 0) is 90.0 Å². The largest absolute Gasteiger partial charge is 0.573 e. The molecule has 0 aliphatic heterocycles. The summed E-state index contributed by atoms with van der Waals surface area (Å²) >= 11 is 0. The Morgan fingerprint density at radius 2 is 1.48 bits per heavy atom. The van der Waals surface area contributed by atoms with Crippen LogP contribution in [0.2, 0.25) is 0 Å². The highest BCUT2D eigenvalue weighted by Gasteiger charge is 2.31. The summed E-state index contributed by atoms with van der Waals surface area (Å²) in [7, 11) is 0. The molecule has 1 amide bonds.